The van der Waals surface area contributed by atoms with E-state index in [-0.39, 0.29) is 6.42 Å². The second kappa shape index (κ2) is 8.46. The number of aromatic amines is 1. The predicted octanol–water partition coefficient (Wildman–Crippen LogP) is 6.24. The fourth-order valence-corrected chi connectivity index (χ4v) is 4.86. The molecule has 1 aliphatic heterocycles. The largest absolute Gasteiger partial charge is 0.354 e. The second-order valence-corrected chi connectivity index (χ2v) is 8.92. The van der Waals surface area contributed by atoms with Crippen LogP contribution in [0.3, 0.4) is 0 Å². The number of nitrogens with one attached hydrogen (secondary N) is 1. The first kappa shape index (κ1) is 21.0. The maximum Gasteiger partial charge on any atom is 0.242 e. The van der Waals surface area contributed by atoms with Gasteiger partial charge in [0.05, 0.1) is 5.69 Å². The molecular formula is C25H31F2N3. The maximum absolute atomic E-state index is 13.5. The van der Waals surface area contributed by atoms with Crippen LogP contribution in [-0.4, -0.2) is 40.4 Å². The monoisotopic (exact) mass is 411 g/mol. The van der Waals surface area contributed by atoms with E-state index < -0.39 is 6.43 Å². The zero-order valence-electron chi connectivity index (χ0n) is 18.3. The molecule has 5 heteroatoms. The van der Waals surface area contributed by atoms with Crippen molar-refractivity contribution in [3.8, 4) is 11.3 Å². The number of piperidine rings is 1. The average molecular weight is 412 g/mol. The van der Waals surface area contributed by atoms with Gasteiger partial charge >= 0.3 is 0 Å². The van der Waals surface area contributed by atoms with Crippen LogP contribution in [0, 0.1) is 13.8 Å². The van der Waals surface area contributed by atoms with E-state index in [4.69, 9.17) is 0 Å². The smallest absolute Gasteiger partial charge is 0.242 e. The zero-order valence-corrected chi connectivity index (χ0v) is 18.3. The summed E-state index contributed by atoms with van der Waals surface area (Å²) in [6.45, 7) is 10.6. The molecule has 1 N–H and O–H groups in total. The van der Waals surface area contributed by atoms with Gasteiger partial charge in [-0.2, -0.15) is 0 Å². The number of likely N-dealkylation sites (tertiary alicyclic amines) is 1. The third kappa shape index (κ3) is 4.27. The SMILES string of the molecule is Cc1cc(-c2[nH]c3ccc(C4CCN(C(C)C)CC4)cc3c2CC(F)F)cc(C)n1. The standard InChI is InChI=1S/C25H31F2N3/c1-15(2)30-9-7-18(8-10-30)19-5-6-23-21(13-19)22(14-24(26)27)25(29-23)20-11-16(3)28-17(4)12-20/h5-6,11-13,15,18,24,29H,7-10,14H2,1-4H3. The van der Waals surface area contributed by atoms with Crippen LogP contribution in [-0.2, 0) is 6.42 Å². The molecule has 4 rings (SSSR count). The number of hydrogen-bond donors (Lipinski definition) is 1. The molecule has 1 aliphatic rings. The molecule has 1 saturated heterocycles. The first-order valence-corrected chi connectivity index (χ1v) is 10.9. The summed E-state index contributed by atoms with van der Waals surface area (Å²) in [6, 6.07) is 10.9. The van der Waals surface area contributed by atoms with Gasteiger partial charge in [0.2, 0.25) is 6.43 Å². The van der Waals surface area contributed by atoms with Crippen molar-refractivity contribution >= 4 is 10.9 Å². The molecule has 160 valence electrons. The van der Waals surface area contributed by atoms with E-state index in [1.807, 2.05) is 26.0 Å². The van der Waals surface area contributed by atoms with E-state index in [2.05, 4.69) is 46.9 Å². The number of fused-ring (bicyclic) bond motifs is 1. The highest BCUT2D eigenvalue weighted by Crippen LogP contribution is 2.36. The summed E-state index contributed by atoms with van der Waals surface area (Å²) in [7, 11) is 0. The number of alkyl halides is 2. The highest BCUT2D eigenvalue weighted by Gasteiger charge is 2.24. The van der Waals surface area contributed by atoms with E-state index in [1.165, 1.54) is 5.56 Å². The molecular weight excluding hydrogens is 380 g/mol. The molecule has 0 spiro atoms. The Morgan fingerprint density at radius 1 is 1.07 bits per heavy atom. The van der Waals surface area contributed by atoms with E-state index in [9.17, 15) is 8.78 Å². The van der Waals surface area contributed by atoms with Gasteiger partial charge in [-0.15, -0.1) is 0 Å². The van der Waals surface area contributed by atoms with Gasteiger partial charge in [-0.05, 0) is 94.9 Å². The van der Waals surface area contributed by atoms with Crippen LogP contribution < -0.4 is 0 Å². The van der Waals surface area contributed by atoms with Gasteiger partial charge in [-0.3, -0.25) is 4.98 Å². The molecule has 3 aromatic rings. The Balaban J connectivity index is 1.74. The number of hydrogen-bond acceptors (Lipinski definition) is 2. The number of pyridine rings is 1. The van der Waals surface area contributed by atoms with Crippen molar-refractivity contribution in [2.24, 2.45) is 0 Å². The minimum atomic E-state index is -2.38. The lowest BCUT2D eigenvalue weighted by Gasteiger charge is -2.34. The number of H-pyrrole nitrogens is 1. The Kier molecular flexibility index (Phi) is 5.92. The number of aryl methyl sites for hydroxylation is 2. The van der Waals surface area contributed by atoms with Gasteiger partial charge in [0.25, 0.3) is 0 Å². The Morgan fingerprint density at radius 2 is 1.73 bits per heavy atom. The Morgan fingerprint density at radius 3 is 2.33 bits per heavy atom. The van der Waals surface area contributed by atoms with Crippen molar-refractivity contribution in [3.05, 3.63) is 52.8 Å². The molecule has 0 radical (unpaired) electrons. The normalized spacial score (nSPS) is 16.3. The third-order valence-electron chi connectivity index (χ3n) is 6.39. The minimum Gasteiger partial charge on any atom is -0.354 e. The first-order valence-electron chi connectivity index (χ1n) is 10.9. The zero-order chi connectivity index (χ0) is 21.4. The fourth-order valence-electron chi connectivity index (χ4n) is 4.86. The van der Waals surface area contributed by atoms with Crippen LogP contribution >= 0.6 is 0 Å². The Hall–Kier alpha value is -2.27. The highest BCUT2D eigenvalue weighted by molar-refractivity contribution is 5.91. The quantitative estimate of drug-likeness (QED) is 0.539. The summed E-state index contributed by atoms with van der Waals surface area (Å²) in [5, 5.41) is 0.932. The van der Waals surface area contributed by atoms with E-state index in [0.717, 1.165) is 59.5 Å². The van der Waals surface area contributed by atoms with E-state index in [0.29, 0.717) is 17.5 Å². The van der Waals surface area contributed by atoms with Crippen LogP contribution in [0.25, 0.3) is 22.2 Å². The van der Waals surface area contributed by atoms with Crippen molar-refractivity contribution in [2.45, 2.75) is 65.3 Å². The predicted molar refractivity (Wildman–Crippen MR) is 119 cm³/mol. The lowest BCUT2D eigenvalue weighted by atomic mass is 9.88. The molecule has 1 aromatic carbocycles. The van der Waals surface area contributed by atoms with Crippen LogP contribution in [0.4, 0.5) is 8.78 Å². The van der Waals surface area contributed by atoms with Crippen molar-refractivity contribution in [3.63, 3.8) is 0 Å². The van der Waals surface area contributed by atoms with Crippen molar-refractivity contribution in [1.82, 2.24) is 14.9 Å². The average Bonchev–Trinajstić information content (AvgIpc) is 3.04. The first-order chi connectivity index (χ1) is 14.3. The molecule has 2 aromatic heterocycles. The van der Waals surface area contributed by atoms with Crippen LogP contribution in [0.2, 0.25) is 0 Å². The summed E-state index contributed by atoms with van der Waals surface area (Å²) in [6.07, 6.45) is -0.392. The summed E-state index contributed by atoms with van der Waals surface area (Å²) < 4.78 is 27.0. The number of halogens is 2. The van der Waals surface area contributed by atoms with Gasteiger partial charge in [0, 0.05) is 40.3 Å². The molecule has 3 nitrogen and oxygen atoms in total. The Bertz CT molecular complexity index is 1010. The fraction of sp³-hybridized carbons (Fsp3) is 0.480. The number of benzene rings is 1. The highest BCUT2D eigenvalue weighted by atomic mass is 19.3. The lowest BCUT2D eigenvalue weighted by Crippen LogP contribution is -2.37. The van der Waals surface area contributed by atoms with Crippen LogP contribution in [0.5, 0.6) is 0 Å². The topological polar surface area (TPSA) is 31.9 Å². The van der Waals surface area contributed by atoms with Crippen molar-refractivity contribution in [2.75, 3.05) is 13.1 Å². The molecule has 0 saturated carbocycles. The van der Waals surface area contributed by atoms with Crippen LogP contribution in [0.15, 0.2) is 30.3 Å². The van der Waals surface area contributed by atoms with Gasteiger partial charge < -0.3 is 9.88 Å². The summed E-state index contributed by atoms with van der Waals surface area (Å²) in [4.78, 5) is 10.4. The number of rotatable bonds is 5. The van der Waals surface area contributed by atoms with Gasteiger partial charge in [-0.25, -0.2) is 8.78 Å². The molecule has 0 unspecified atom stereocenters. The lowest BCUT2D eigenvalue weighted by molar-refractivity contribution is 0.149. The number of nitrogens with zero attached hydrogens (tertiary/aromatic N) is 2. The molecule has 0 aliphatic carbocycles. The third-order valence-corrected chi connectivity index (χ3v) is 6.39. The van der Waals surface area contributed by atoms with Crippen LogP contribution in [0.1, 0.15) is 55.1 Å². The molecule has 0 bridgehead atoms. The summed E-state index contributed by atoms with van der Waals surface area (Å²) in [5.74, 6) is 0.493. The van der Waals surface area contributed by atoms with Crippen molar-refractivity contribution < 1.29 is 8.78 Å². The summed E-state index contributed by atoms with van der Waals surface area (Å²) >= 11 is 0. The molecule has 3 heterocycles. The minimum absolute atomic E-state index is 0.245. The summed E-state index contributed by atoms with van der Waals surface area (Å²) in [5.41, 5.74) is 6.43. The van der Waals surface area contributed by atoms with Gasteiger partial charge in [-0.1, -0.05) is 6.07 Å². The Labute approximate surface area is 177 Å². The molecule has 0 amide bonds. The van der Waals surface area contributed by atoms with Gasteiger partial charge in [0.15, 0.2) is 0 Å². The molecule has 30 heavy (non-hydrogen) atoms. The van der Waals surface area contributed by atoms with E-state index in [1.54, 1.807) is 0 Å². The second-order valence-electron chi connectivity index (χ2n) is 8.92. The number of aromatic nitrogens is 2. The molecule has 1 fully saturated rings. The maximum atomic E-state index is 13.5. The van der Waals surface area contributed by atoms with Crippen molar-refractivity contribution in [1.29, 1.82) is 0 Å². The molecule has 0 atom stereocenters. The van der Waals surface area contributed by atoms with E-state index >= 15 is 0 Å². The van der Waals surface area contributed by atoms with Gasteiger partial charge in [0.1, 0.15) is 0 Å².